The molecule has 0 heterocycles. The fourth-order valence-corrected chi connectivity index (χ4v) is 9.07. The fraction of sp³-hybridized carbons (Fsp3) is 0.429. The van der Waals surface area contributed by atoms with Gasteiger partial charge in [0.15, 0.2) is 10.2 Å². The van der Waals surface area contributed by atoms with E-state index >= 15 is 0 Å². The van der Waals surface area contributed by atoms with Gasteiger partial charge in [-0.1, -0.05) is 48.8 Å². The van der Waals surface area contributed by atoms with Crippen LogP contribution in [0.15, 0.2) is 49.6 Å². The van der Waals surface area contributed by atoms with Crippen molar-refractivity contribution in [2.75, 3.05) is 35.5 Å². The second-order valence-electron chi connectivity index (χ2n) is 6.51. The maximum Gasteiger partial charge on any atom is 0.211 e. The molecule has 2 unspecified atom stereocenters. The van der Waals surface area contributed by atoms with E-state index in [1.807, 2.05) is 12.5 Å². The van der Waals surface area contributed by atoms with E-state index in [1.54, 1.807) is 26.0 Å². The van der Waals surface area contributed by atoms with E-state index in [1.165, 1.54) is 47.8 Å². The SMILES string of the molecule is C=CC(=O)[SH](C)CC(CSC(=O)C=CC)(CSC(=O)C=CC)C[SH](C)C(=O)C=C. The Hall–Kier alpha value is -0.960. The first-order valence-corrected chi connectivity index (χ1v) is 14.9. The van der Waals surface area contributed by atoms with Gasteiger partial charge in [0.05, 0.1) is 0 Å². The summed E-state index contributed by atoms with van der Waals surface area (Å²) in [5.41, 5.74) is -0.498. The molecule has 0 saturated carbocycles. The normalized spacial score (nSPS) is 16.8. The molecule has 0 spiro atoms. The highest BCUT2D eigenvalue weighted by Crippen LogP contribution is 2.43. The van der Waals surface area contributed by atoms with Gasteiger partial charge in [-0.25, -0.2) is 0 Å². The van der Waals surface area contributed by atoms with E-state index < -0.39 is 27.2 Å². The molecule has 0 aliphatic rings. The zero-order valence-corrected chi connectivity index (χ0v) is 21.0. The largest absolute Gasteiger partial charge is 0.284 e. The molecule has 29 heavy (non-hydrogen) atoms. The molecule has 0 rings (SSSR count). The third-order valence-corrected chi connectivity index (χ3v) is 10.4. The third kappa shape index (κ3) is 11.1. The van der Waals surface area contributed by atoms with Crippen molar-refractivity contribution < 1.29 is 19.2 Å². The monoisotopic (exact) mass is 476 g/mol. The van der Waals surface area contributed by atoms with Crippen LogP contribution in [0.5, 0.6) is 0 Å². The quantitative estimate of drug-likeness (QED) is 0.323. The Morgan fingerprint density at radius 1 is 0.793 bits per heavy atom. The van der Waals surface area contributed by atoms with E-state index in [4.69, 9.17) is 0 Å². The van der Waals surface area contributed by atoms with Crippen LogP contribution >= 0.6 is 45.3 Å². The Bertz CT molecular complexity index is 624. The Morgan fingerprint density at radius 2 is 1.14 bits per heavy atom. The summed E-state index contributed by atoms with van der Waals surface area (Å²) in [5, 5.41) is -0.191. The van der Waals surface area contributed by atoms with E-state index in [0.717, 1.165) is 0 Å². The number of hydrogen-bond acceptors (Lipinski definition) is 6. The summed E-state index contributed by atoms with van der Waals surface area (Å²) >= 11 is 2.35. The van der Waals surface area contributed by atoms with Gasteiger partial charge in [0.2, 0.25) is 10.2 Å². The molecule has 0 amide bonds. The molecule has 0 radical (unpaired) electrons. The first-order valence-electron chi connectivity index (χ1n) is 8.98. The highest BCUT2D eigenvalue weighted by molar-refractivity contribution is 8.30. The molecule has 8 heteroatoms. The van der Waals surface area contributed by atoms with Crippen LogP contribution in [-0.2, 0) is 19.2 Å². The predicted octanol–water partition coefficient (Wildman–Crippen LogP) is 4.33. The number of hydrogen-bond donors (Lipinski definition) is 2. The summed E-state index contributed by atoms with van der Waals surface area (Å²) < 4.78 is 0. The van der Waals surface area contributed by atoms with Gasteiger partial charge in [-0.3, -0.25) is 19.2 Å². The van der Waals surface area contributed by atoms with Crippen molar-refractivity contribution in [3.05, 3.63) is 49.6 Å². The lowest BCUT2D eigenvalue weighted by Crippen LogP contribution is -2.37. The van der Waals surface area contributed by atoms with Crippen LogP contribution in [0, 0.1) is 5.41 Å². The molecule has 2 atom stereocenters. The standard InChI is InChI=1S/C21H32O4S4/c1-7-11-17(22)26-13-21(14-27-18(23)12-8-2,15-28(5)19(24)9-3)16-29(6)20(25)10-4/h7-12,28-29H,3-4,13-16H2,1-2,5-6H3. The smallest absolute Gasteiger partial charge is 0.211 e. The number of thiol groups is 2. The van der Waals surface area contributed by atoms with Crippen LogP contribution < -0.4 is 0 Å². The van der Waals surface area contributed by atoms with Gasteiger partial charge < -0.3 is 0 Å². The van der Waals surface area contributed by atoms with Crippen molar-refractivity contribution in [2.24, 2.45) is 5.41 Å². The summed E-state index contributed by atoms with van der Waals surface area (Å²) in [6, 6.07) is 0. The highest BCUT2D eigenvalue weighted by Gasteiger charge is 2.36. The topological polar surface area (TPSA) is 68.3 Å². The average molecular weight is 477 g/mol. The van der Waals surface area contributed by atoms with Crippen LogP contribution in [0.25, 0.3) is 0 Å². The van der Waals surface area contributed by atoms with Crippen molar-refractivity contribution in [1.82, 2.24) is 0 Å². The van der Waals surface area contributed by atoms with Gasteiger partial charge in [-0.05, 0) is 62.2 Å². The number of carbonyl (C=O) groups excluding carboxylic acids is 4. The maximum absolute atomic E-state index is 12.2. The first-order chi connectivity index (χ1) is 13.6. The van der Waals surface area contributed by atoms with E-state index in [0.29, 0.717) is 23.0 Å². The highest BCUT2D eigenvalue weighted by atomic mass is 32.2. The number of carbonyl (C=O) groups is 4. The van der Waals surface area contributed by atoms with Gasteiger partial charge in [-0.2, -0.15) is 21.8 Å². The number of thioether (sulfide) groups is 2. The summed E-state index contributed by atoms with van der Waals surface area (Å²) in [7, 11) is -2.06. The lowest BCUT2D eigenvalue weighted by atomic mass is 9.99. The van der Waals surface area contributed by atoms with Crippen molar-refractivity contribution in [3.8, 4) is 0 Å². The zero-order chi connectivity index (χ0) is 22.4. The minimum absolute atomic E-state index is 0.0191. The number of rotatable bonds is 12. The molecule has 0 fully saturated rings. The van der Waals surface area contributed by atoms with E-state index in [2.05, 4.69) is 13.2 Å². The minimum atomic E-state index is -1.03. The van der Waals surface area contributed by atoms with E-state index in [-0.39, 0.29) is 20.5 Å². The van der Waals surface area contributed by atoms with Gasteiger partial charge in [0, 0.05) is 16.9 Å². The Morgan fingerprint density at radius 3 is 1.41 bits per heavy atom. The van der Waals surface area contributed by atoms with Gasteiger partial charge in [0.1, 0.15) is 0 Å². The van der Waals surface area contributed by atoms with Crippen molar-refractivity contribution in [2.45, 2.75) is 13.8 Å². The molecule has 4 nitrogen and oxygen atoms in total. The van der Waals surface area contributed by atoms with Crippen LogP contribution in [0.3, 0.4) is 0 Å². The number of allylic oxidation sites excluding steroid dienone is 2. The first kappa shape index (κ1) is 28.0. The Kier molecular flexibility index (Phi) is 14.4. The third-order valence-electron chi connectivity index (χ3n) is 3.89. The van der Waals surface area contributed by atoms with Crippen LogP contribution in [-0.4, -0.2) is 56.0 Å². The second-order valence-corrected chi connectivity index (χ2v) is 12.8. The zero-order valence-electron chi connectivity index (χ0n) is 17.6. The summed E-state index contributed by atoms with van der Waals surface area (Å²) in [6.07, 6.45) is 12.8. The average Bonchev–Trinajstić information content (AvgIpc) is 2.69. The second kappa shape index (κ2) is 14.9. The van der Waals surface area contributed by atoms with Crippen LogP contribution in [0.2, 0.25) is 0 Å². The van der Waals surface area contributed by atoms with Crippen LogP contribution in [0.1, 0.15) is 13.8 Å². The molecule has 164 valence electrons. The molecule has 0 aromatic rings. The molecule has 0 aliphatic heterocycles. The maximum atomic E-state index is 12.2. The molecule has 0 saturated heterocycles. The molecular weight excluding hydrogens is 444 g/mol. The van der Waals surface area contributed by atoms with Crippen molar-refractivity contribution in [1.29, 1.82) is 0 Å². The predicted molar refractivity (Wildman–Crippen MR) is 137 cm³/mol. The summed E-state index contributed by atoms with van der Waals surface area (Å²) in [4.78, 5) is 48.7. The van der Waals surface area contributed by atoms with Crippen molar-refractivity contribution >= 4 is 65.8 Å². The Balaban J connectivity index is 5.88. The lowest BCUT2D eigenvalue weighted by molar-refractivity contribution is -0.107. The molecule has 0 bridgehead atoms. The summed E-state index contributed by atoms with van der Waals surface area (Å²) in [6.45, 7) is 10.7. The molecule has 0 aromatic carbocycles. The Labute approximate surface area is 188 Å². The van der Waals surface area contributed by atoms with Gasteiger partial charge in [0.25, 0.3) is 0 Å². The fourth-order valence-electron chi connectivity index (χ4n) is 2.56. The van der Waals surface area contributed by atoms with Gasteiger partial charge >= 0.3 is 0 Å². The van der Waals surface area contributed by atoms with Gasteiger partial charge in [-0.15, -0.1) is 0 Å². The van der Waals surface area contributed by atoms with Crippen LogP contribution in [0.4, 0.5) is 0 Å². The molecule has 0 aromatic heterocycles. The van der Waals surface area contributed by atoms with Crippen molar-refractivity contribution in [3.63, 3.8) is 0 Å². The molecule has 0 N–H and O–H groups in total. The van der Waals surface area contributed by atoms with E-state index in [9.17, 15) is 19.2 Å². The molecular formula is C21H32O4S4. The lowest BCUT2D eigenvalue weighted by Gasteiger charge is -2.38. The summed E-state index contributed by atoms with van der Waals surface area (Å²) in [5.74, 6) is 1.97. The molecule has 0 aliphatic carbocycles. The minimum Gasteiger partial charge on any atom is -0.284 e.